The zero-order valence-corrected chi connectivity index (χ0v) is 21.0. The average Bonchev–Trinajstić information content (AvgIpc) is 3.22. The second-order valence-electron chi connectivity index (χ2n) is 9.77. The monoisotopic (exact) mass is 488 g/mol. The van der Waals surface area contributed by atoms with Crippen LogP contribution in [0.5, 0.6) is 11.5 Å². The molecule has 1 aromatic rings. The van der Waals surface area contributed by atoms with Crippen LogP contribution in [0.2, 0.25) is 0 Å². The van der Waals surface area contributed by atoms with Gasteiger partial charge in [0.25, 0.3) is 0 Å². The van der Waals surface area contributed by atoms with Crippen LogP contribution < -0.4 is 14.8 Å². The maximum Gasteiger partial charge on any atom is 0.247 e. The Hall–Kier alpha value is -2.91. The molecular formula is C26H36N2O7. The number of carbonyl (C=O) groups is 3. The summed E-state index contributed by atoms with van der Waals surface area (Å²) in [5.41, 5.74) is 1.22. The molecule has 0 fully saturated rings. The zero-order valence-electron chi connectivity index (χ0n) is 21.0. The molecule has 1 aliphatic heterocycles. The van der Waals surface area contributed by atoms with E-state index >= 15 is 0 Å². The molecule has 3 rings (SSSR count). The number of amides is 2. The highest BCUT2D eigenvalue weighted by atomic mass is 16.5. The molecule has 0 saturated heterocycles. The lowest BCUT2D eigenvalue weighted by molar-refractivity contribution is -0.140. The summed E-state index contributed by atoms with van der Waals surface area (Å²) in [4.78, 5) is 39.6. The highest BCUT2D eigenvalue weighted by Gasteiger charge is 2.51. The Kier molecular flexibility index (Phi) is 8.56. The zero-order chi connectivity index (χ0) is 25.9. The van der Waals surface area contributed by atoms with Gasteiger partial charge in [0.2, 0.25) is 11.8 Å². The van der Waals surface area contributed by atoms with Gasteiger partial charge < -0.3 is 29.9 Å². The van der Waals surface area contributed by atoms with Gasteiger partial charge in [0, 0.05) is 35.7 Å². The third-order valence-corrected chi connectivity index (χ3v) is 6.50. The third kappa shape index (κ3) is 5.36. The van der Waals surface area contributed by atoms with Crippen LogP contribution in [0, 0.1) is 11.8 Å². The molecule has 35 heavy (non-hydrogen) atoms. The number of aldehydes is 1. The highest BCUT2D eigenvalue weighted by Crippen LogP contribution is 2.51. The summed E-state index contributed by atoms with van der Waals surface area (Å²) >= 11 is 0. The second-order valence-corrected chi connectivity index (χ2v) is 9.77. The summed E-state index contributed by atoms with van der Waals surface area (Å²) in [6, 6.07) is 2.39. The first kappa shape index (κ1) is 26.7. The molecule has 192 valence electrons. The van der Waals surface area contributed by atoms with Crippen LogP contribution in [0.15, 0.2) is 23.8 Å². The van der Waals surface area contributed by atoms with Gasteiger partial charge in [0.1, 0.15) is 18.5 Å². The number of carbonyl (C=O) groups excluding carboxylic acids is 3. The molecule has 0 radical (unpaired) electrons. The van der Waals surface area contributed by atoms with Gasteiger partial charge in [-0.2, -0.15) is 0 Å². The molecule has 2 aliphatic rings. The number of ether oxygens (including phenoxy) is 2. The summed E-state index contributed by atoms with van der Waals surface area (Å²) in [5, 5.41) is 23.4. The minimum Gasteiger partial charge on any atom is -0.493 e. The summed E-state index contributed by atoms with van der Waals surface area (Å²) < 4.78 is 11.6. The fourth-order valence-electron chi connectivity index (χ4n) is 4.69. The van der Waals surface area contributed by atoms with Crippen molar-refractivity contribution < 1.29 is 34.1 Å². The van der Waals surface area contributed by atoms with E-state index in [1.807, 2.05) is 0 Å². The van der Waals surface area contributed by atoms with Crippen molar-refractivity contribution in [3.05, 3.63) is 34.9 Å². The number of benzene rings is 1. The Morgan fingerprint density at radius 3 is 2.54 bits per heavy atom. The average molecular weight is 489 g/mol. The number of fused-ring (bicyclic) bond motifs is 3. The Bertz CT molecular complexity index is 988. The fraction of sp³-hybridized carbons (Fsp3) is 0.577. The van der Waals surface area contributed by atoms with Crippen LogP contribution in [-0.4, -0.2) is 78.3 Å². The standard InChI is InChI=1S/C26H36N2O7/c1-14(2)6-8-28(26(33)15(3)4)19-12-18(25(32)27-7-9-29)21-17-10-16(13-30)11-20(34-5)23(17)35-24(21)22(19)31/h10-15,19,21-22,24,29,31H,6-9H2,1-5H3,(H,27,32). The lowest BCUT2D eigenvalue weighted by Crippen LogP contribution is -2.56. The molecule has 4 unspecified atom stereocenters. The normalized spacial score (nSPS) is 22.7. The highest BCUT2D eigenvalue weighted by molar-refractivity contribution is 5.96. The number of aliphatic hydroxyl groups is 2. The second kappa shape index (κ2) is 11.2. The van der Waals surface area contributed by atoms with E-state index in [2.05, 4.69) is 19.2 Å². The first-order valence-electron chi connectivity index (χ1n) is 12.1. The van der Waals surface area contributed by atoms with Gasteiger partial charge in [-0.1, -0.05) is 27.7 Å². The van der Waals surface area contributed by atoms with Crippen molar-refractivity contribution >= 4 is 18.1 Å². The largest absolute Gasteiger partial charge is 0.493 e. The molecule has 0 bridgehead atoms. The van der Waals surface area contributed by atoms with Gasteiger partial charge in [-0.25, -0.2) is 0 Å². The Labute approximate surface area is 206 Å². The SMILES string of the molecule is COc1cc(C=O)cc2c1OC1C2C(C(=O)NCCO)=CC(N(CCC(C)C)C(=O)C(C)C)C1O. The number of hydrogen-bond donors (Lipinski definition) is 3. The number of nitrogens with one attached hydrogen (secondary N) is 1. The van der Waals surface area contributed by atoms with Crippen molar-refractivity contribution in [1.82, 2.24) is 10.2 Å². The molecule has 0 spiro atoms. The number of nitrogens with zero attached hydrogens (tertiary/aromatic N) is 1. The van der Waals surface area contributed by atoms with Crippen LogP contribution in [0.3, 0.4) is 0 Å². The quantitative estimate of drug-likeness (QED) is 0.428. The molecule has 0 saturated carbocycles. The number of rotatable bonds is 10. The molecule has 9 nitrogen and oxygen atoms in total. The minimum atomic E-state index is -1.12. The van der Waals surface area contributed by atoms with Crippen LogP contribution >= 0.6 is 0 Å². The molecule has 3 N–H and O–H groups in total. The van der Waals surface area contributed by atoms with Crippen molar-refractivity contribution in [2.75, 3.05) is 26.8 Å². The summed E-state index contributed by atoms with van der Waals surface area (Å²) in [7, 11) is 1.45. The van der Waals surface area contributed by atoms with Crippen LogP contribution in [0.1, 0.15) is 56.0 Å². The van der Waals surface area contributed by atoms with Gasteiger partial charge in [0.15, 0.2) is 11.5 Å². The molecule has 2 amide bonds. The van der Waals surface area contributed by atoms with Gasteiger partial charge in [-0.3, -0.25) is 14.4 Å². The van der Waals surface area contributed by atoms with E-state index in [0.717, 1.165) is 6.42 Å². The molecule has 1 aliphatic carbocycles. The van der Waals surface area contributed by atoms with Crippen molar-refractivity contribution in [1.29, 1.82) is 0 Å². The van der Waals surface area contributed by atoms with Crippen molar-refractivity contribution in [2.45, 2.75) is 58.3 Å². The first-order valence-corrected chi connectivity index (χ1v) is 12.1. The van der Waals surface area contributed by atoms with Crippen LogP contribution in [-0.2, 0) is 9.59 Å². The third-order valence-electron chi connectivity index (χ3n) is 6.50. The van der Waals surface area contributed by atoms with E-state index in [0.29, 0.717) is 46.9 Å². The molecule has 1 aromatic carbocycles. The maximum atomic E-state index is 13.2. The van der Waals surface area contributed by atoms with Gasteiger partial charge in [-0.15, -0.1) is 0 Å². The first-order chi connectivity index (χ1) is 16.6. The Morgan fingerprint density at radius 1 is 1.26 bits per heavy atom. The predicted octanol–water partition coefficient (Wildman–Crippen LogP) is 1.66. The Morgan fingerprint density at radius 2 is 1.97 bits per heavy atom. The molecule has 0 aromatic heterocycles. The summed E-state index contributed by atoms with van der Waals surface area (Å²) in [6.45, 7) is 7.95. The molecular weight excluding hydrogens is 452 g/mol. The predicted molar refractivity (Wildman–Crippen MR) is 130 cm³/mol. The topological polar surface area (TPSA) is 125 Å². The molecule has 4 atom stereocenters. The lowest BCUT2D eigenvalue weighted by Gasteiger charge is -2.41. The number of methoxy groups -OCH3 is 1. The van der Waals surface area contributed by atoms with Gasteiger partial charge >= 0.3 is 0 Å². The van der Waals surface area contributed by atoms with Crippen molar-refractivity contribution in [3.63, 3.8) is 0 Å². The van der Waals surface area contributed by atoms with Crippen molar-refractivity contribution in [3.8, 4) is 11.5 Å². The van der Waals surface area contributed by atoms with Gasteiger partial charge in [0.05, 0.1) is 25.7 Å². The number of hydrogen-bond acceptors (Lipinski definition) is 7. The van der Waals surface area contributed by atoms with E-state index in [1.54, 1.807) is 37.0 Å². The van der Waals surface area contributed by atoms with E-state index < -0.39 is 30.1 Å². The van der Waals surface area contributed by atoms with Gasteiger partial charge in [-0.05, 0) is 30.5 Å². The minimum absolute atomic E-state index is 0.0498. The summed E-state index contributed by atoms with van der Waals surface area (Å²) in [6.07, 6.45) is 1.06. The Balaban J connectivity index is 2.13. The smallest absolute Gasteiger partial charge is 0.247 e. The van der Waals surface area contributed by atoms with E-state index in [1.165, 1.54) is 7.11 Å². The van der Waals surface area contributed by atoms with E-state index in [4.69, 9.17) is 9.47 Å². The van der Waals surface area contributed by atoms with E-state index in [9.17, 15) is 24.6 Å². The number of aliphatic hydroxyl groups excluding tert-OH is 2. The molecule has 9 heteroatoms. The fourth-order valence-corrected chi connectivity index (χ4v) is 4.69. The van der Waals surface area contributed by atoms with Crippen molar-refractivity contribution in [2.24, 2.45) is 11.8 Å². The van der Waals surface area contributed by atoms with Crippen LogP contribution in [0.4, 0.5) is 0 Å². The van der Waals surface area contributed by atoms with E-state index in [-0.39, 0.29) is 25.0 Å². The maximum absolute atomic E-state index is 13.2. The summed E-state index contributed by atoms with van der Waals surface area (Å²) in [5.74, 6) is -0.519. The molecule has 1 heterocycles. The lowest BCUT2D eigenvalue weighted by atomic mass is 9.77. The van der Waals surface area contributed by atoms with Crippen LogP contribution in [0.25, 0.3) is 0 Å².